The Hall–Kier alpha value is -2.74. The van der Waals surface area contributed by atoms with Gasteiger partial charge in [-0.3, -0.25) is 14.6 Å². The lowest BCUT2D eigenvalue weighted by Gasteiger charge is -2.11. The Labute approximate surface area is 158 Å². The van der Waals surface area contributed by atoms with E-state index in [-0.39, 0.29) is 34.7 Å². The van der Waals surface area contributed by atoms with Crippen LogP contribution >= 0.6 is 0 Å². The van der Waals surface area contributed by atoms with Crippen molar-refractivity contribution in [2.75, 3.05) is 18.1 Å². The van der Waals surface area contributed by atoms with Crippen LogP contribution in [0.2, 0.25) is 0 Å². The zero-order valence-corrected chi connectivity index (χ0v) is 15.5. The van der Waals surface area contributed by atoms with Gasteiger partial charge in [0.1, 0.15) is 5.69 Å². The summed E-state index contributed by atoms with van der Waals surface area (Å²) in [6.45, 7) is 0.459. The molecule has 1 saturated heterocycles. The summed E-state index contributed by atoms with van der Waals surface area (Å²) in [4.78, 5) is 28.6. The monoisotopic (exact) mass is 387 g/mol. The van der Waals surface area contributed by atoms with Crippen LogP contribution in [0.5, 0.6) is 0 Å². The number of carbonyl (C=O) groups excluding carboxylic acids is 2. The Morgan fingerprint density at radius 3 is 2.59 bits per heavy atom. The fourth-order valence-corrected chi connectivity index (χ4v) is 4.60. The molecular weight excluding hydrogens is 366 g/mol. The summed E-state index contributed by atoms with van der Waals surface area (Å²) in [6, 6.07) is 12.3. The molecule has 2 heterocycles. The van der Waals surface area contributed by atoms with E-state index in [4.69, 9.17) is 0 Å². The molecule has 142 valence electrons. The average molecular weight is 387 g/mol. The highest BCUT2D eigenvalue weighted by Gasteiger charge is 2.29. The van der Waals surface area contributed by atoms with Crippen LogP contribution in [-0.2, 0) is 16.3 Å². The number of pyridine rings is 1. The molecule has 1 unspecified atom stereocenters. The molecule has 2 N–H and O–H groups in total. The molecule has 27 heavy (non-hydrogen) atoms. The SMILES string of the molecule is O=C(NC1CCS(=O)(=O)C1)c1ccnc(C(=O)NCCc2ccccc2)c1. The first-order valence-corrected chi connectivity index (χ1v) is 10.5. The standard InChI is InChI=1S/C19H21N3O4S/c23-18(22-16-8-11-27(25,26)13-16)15-7-10-20-17(12-15)19(24)21-9-6-14-4-2-1-3-5-14/h1-5,7,10,12,16H,6,8-9,11,13H2,(H,21,24)(H,22,23). The molecule has 0 aliphatic carbocycles. The van der Waals surface area contributed by atoms with Gasteiger partial charge in [0.05, 0.1) is 11.5 Å². The first kappa shape index (κ1) is 19.0. The number of benzene rings is 1. The van der Waals surface area contributed by atoms with E-state index in [2.05, 4.69) is 15.6 Å². The summed E-state index contributed by atoms with van der Waals surface area (Å²) in [5, 5.41) is 5.49. The minimum Gasteiger partial charge on any atom is -0.350 e. The van der Waals surface area contributed by atoms with E-state index in [1.807, 2.05) is 30.3 Å². The van der Waals surface area contributed by atoms with E-state index in [0.717, 1.165) is 5.56 Å². The second-order valence-corrected chi connectivity index (χ2v) is 8.72. The van der Waals surface area contributed by atoms with Crippen molar-refractivity contribution in [1.82, 2.24) is 15.6 Å². The third kappa shape index (κ3) is 5.37. The number of nitrogens with zero attached hydrogens (tertiary/aromatic N) is 1. The second-order valence-electron chi connectivity index (χ2n) is 6.49. The molecule has 7 nitrogen and oxygen atoms in total. The van der Waals surface area contributed by atoms with Crippen molar-refractivity contribution < 1.29 is 18.0 Å². The maximum absolute atomic E-state index is 12.3. The number of hydrogen-bond donors (Lipinski definition) is 2. The number of sulfone groups is 1. The summed E-state index contributed by atoms with van der Waals surface area (Å²) in [6.07, 6.45) is 2.50. The molecule has 1 aromatic carbocycles. The van der Waals surface area contributed by atoms with Crippen molar-refractivity contribution in [1.29, 1.82) is 0 Å². The molecule has 2 aromatic rings. The minimum absolute atomic E-state index is 0.0450. The van der Waals surface area contributed by atoms with Gasteiger partial charge in [-0.15, -0.1) is 0 Å². The van der Waals surface area contributed by atoms with Gasteiger partial charge in [-0.1, -0.05) is 30.3 Å². The molecule has 0 spiro atoms. The predicted octanol–water partition coefficient (Wildman–Crippen LogP) is 0.971. The number of carbonyl (C=O) groups is 2. The molecule has 1 fully saturated rings. The zero-order valence-electron chi connectivity index (χ0n) is 14.7. The van der Waals surface area contributed by atoms with E-state index >= 15 is 0 Å². The van der Waals surface area contributed by atoms with Gasteiger partial charge in [0.15, 0.2) is 9.84 Å². The van der Waals surface area contributed by atoms with E-state index in [1.165, 1.54) is 18.3 Å². The van der Waals surface area contributed by atoms with Crippen LogP contribution in [0.1, 0.15) is 32.8 Å². The predicted molar refractivity (Wildman–Crippen MR) is 101 cm³/mol. The second kappa shape index (κ2) is 8.30. The van der Waals surface area contributed by atoms with Gasteiger partial charge in [-0.05, 0) is 30.5 Å². The lowest BCUT2D eigenvalue weighted by Crippen LogP contribution is -2.35. The van der Waals surface area contributed by atoms with Crippen LogP contribution in [-0.4, -0.2) is 49.3 Å². The molecule has 1 aliphatic heterocycles. The number of hydrogen-bond acceptors (Lipinski definition) is 5. The Morgan fingerprint density at radius 1 is 1.11 bits per heavy atom. The molecule has 2 amide bonds. The highest BCUT2D eigenvalue weighted by molar-refractivity contribution is 7.91. The van der Waals surface area contributed by atoms with Crippen molar-refractivity contribution in [3.05, 3.63) is 65.5 Å². The Bertz CT molecular complexity index is 929. The molecule has 0 bridgehead atoms. The first-order valence-electron chi connectivity index (χ1n) is 8.72. The quantitative estimate of drug-likeness (QED) is 0.768. The molecule has 1 aliphatic rings. The van der Waals surface area contributed by atoms with Gasteiger partial charge in [0, 0.05) is 24.3 Å². The molecular formula is C19H21N3O4S. The van der Waals surface area contributed by atoms with E-state index in [0.29, 0.717) is 19.4 Å². The van der Waals surface area contributed by atoms with Gasteiger partial charge in [-0.25, -0.2) is 8.42 Å². The van der Waals surface area contributed by atoms with Crippen LogP contribution in [0.25, 0.3) is 0 Å². The zero-order chi connectivity index (χ0) is 19.3. The van der Waals surface area contributed by atoms with Crippen molar-refractivity contribution in [2.45, 2.75) is 18.9 Å². The van der Waals surface area contributed by atoms with E-state index < -0.39 is 15.7 Å². The summed E-state index contributed by atoms with van der Waals surface area (Å²) >= 11 is 0. The number of rotatable bonds is 6. The smallest absolute Gasteiger partial charge is 0.269 e. The summed E-state index contributed by atoms with van der Waals surface area (Å²) in [5.74, 6) is -0.720. The Balaban J connectivity index is 1.56. The van der Waals surface area contributed by atoms with E-state index in [1.54, 1.807) is 0 Å². The number of nitrogens with one attached hydrogen (secondary N) is 2. The Morgan fingerprint density at radius 2 is 1.89 bits per heavy atom. The fraction of sp³-hybridized carbons (Fsp3) is 0.316. The van der Waals surface area contributed by atoms with Crippen molar-refractivity contribution >= 4 is 21.7 Å². The minimum atomic E-state index is -3.07. The molecule has 0 saturated carbocycles. The summed E-state index contributed by atoms with van der Waals surface area (Å²) in [7, 11) is -3.07. The summed E-state index contributed by atoms with van der Waals surface area (Å²) < 4.78 is 23.0. The van der Waals surface area contributed by atoms with Crippen LogP contribution in [0.4, 0.5) is 0 Å². The Kier molecular flexibility index (Phi) is 5.85. The highest BCUT2D eigenvalue weighted by atomic mass is 32.2. The fourth-order valence-electron chi connectivity index (χ4n) is 2.93. The van der Waals surface area contributed by atoms with Gasteiger partial charge in [0.2, 0.25) is 0 Å². The first-order chi connectivity index (χ1) is 12.9. The van der Waals surface area contributed by atoms with Crippen molar-refractivity contribution in [2.24, 2.45) is 0 Å². The molecule has 8 heteroatoms. The third-order valence-electron chi connectivity index (χ3n) is 4.36. The molecule has 1 atom stereocenters. The van der Waals surface area contributed by atoms with Gasteiger partial charge in [0.25, 0.3) is 11.8 Å². The van der Waals surface area contributed by atoms with Gasteiger partial charge < -0.3 is 10.6 Å². The van der Waals surface area contributed by atoms with E-state index in [9.17, 15) is 18.0 Å². The van der Waals surface area contributed by atoms with Gasteiger partial charge >= 0.3 is 0 Å². The lowest BCUT2D eigenvalue weighted by atomic mass is 10.1. The summed E-state index contributed by atoms with van der Waals surface area (Å²) in [5.41, 5.74) is 1.54. The molecule has 0 radical (unpaired) electrons. The normalized spacial score (nSPS) is 18.0. The maximum atomic E-state index is 12.3. The molecule has 1 aromatic heterocycles. The molecule has 3 rings (SSSR count). The largest absolute Gasteiger partial charge is 0.350 e. The highest BCUT2D eigenvalue weighted by Crippen LogP contribution is 2.12. The topological polar surface area (TPSA) is 105 Å². The van der Waals surface area contributed by atoms with Crippen molar-refractivity contribution in [3.63, 3.8) is 0 Å². The maximum Gasteiger partial charge on any atom is 0.269 e. The van der Waals surface area contributed by atoms with Crippen LogP contribution in [0.15, 0.2) is 48.7 Å². The lowest BCUT2D eigenvalue weighted by molar-refractivity contribution is 0.0941. The van der Waals surface area contributed by atoms with Crippen LogP contribution in [0, 0.1) is 0 Å². The van der Waals surface area contributed by atoms with Crippen molar-refractivity contribution in [3.8, 4) is 0 Å². The third-order valence-corrected chi connectivity index (χ3v) is 6.13. The number of aromatic nitrogens is 1. The average Bonchev–Trinajstić information content (AvgIpc) is 3.01. The van der Waals surface area contributed by atoms with Crippen LogP contribution in [0.3, 0.4) is 0 Å². The van der Waals surface area contributed by atoms with Crippen LogP contribution < -0.4 is 10.6 Å². The van der Waals surface area contributed by atoms with Gasteiger partial charge in [-0.2, -0.15) is 0 Å². The number of amides is 2.